The molecule has 0 unspecified atom stereocenters. The maximum absolute atomic E-state index is 10.6. The van der Waals surface area contributed by atoms with Gasteiger partial charge in [-0.15, -0.1) is 0 Å². The Hall–Kier alpha value is -1.82. The summed E-state index contributed by atoms with van der Waals surface area (Å²) in [4.78, 5) is 21.3. The summed E-state index contributed by atoms with van der Waals surface area (Å²) in [6, 6.07) is 4.61. The van der Waals surface area contributed by atoms with Gasteiger partial charge in [-0.05, 0) is 11.5 Å². The standard InChI is InChI=1S/C10H8N2O3S/c13-4-3-7-6-16-10-5-8(12(14)15)1-2-9(10)11-7/h1-2,4-6,11H,3H2. The number of hydrogen-bond donors (Lipinski definition) is 1. The lowest BCUT2D eigenvalue weighted by Gasteiger charge is -2.16. The molecule has 1 aliphatic heterocycles. The molecule has 2 rings (SSSR count). The molecule has 1 heterocycles. The van der Waals surface area contributed by atoms with Crippen molar-refractivity contribution >= 4 is 29.4 Å². The summed E-state index contributed by atoms with van der Waals surface area (Å²) in [5.74, 6) is 0. The number of anilines is 1. The molecule has 1 aromatic rings. The van der Waals surface area contributed by atoms with Gasteiger partial charge in [-0.2, -0.15) is 0 Å². The summed E-state index contributed by atoms with van der Waals surface area (Å²) in [6.45, 7) is 0. The molecule has 1 aliphatic rings. The number of nitrogens with one attached hydrogen (secondary N) is 1. The Kier molecular flexibility index (Phi) is 2.91. The summed E-state index contributed by atoms with van der Waals surface area (Å²) >= 11 is 1.38. The van der Waals surface area contributed by atoms with E-state index in [1.807, 2.05) is 0 Å². The number of allylic oxidation sites excluding steroid dienone is 1. The minimum absolute atomic E-state index is 0.0697. The molecule has 0 saturated carbocycles. The molecule has 0 radical (unpaired) electrons. The highest BCUT2D eigenvalue weighted by molar-refractivity contribution is 8.02. The molecule has 82 valence electrons. The second-order valence-electron chi connectivity index (χ2n) is 3.19. The molecule has 6 heteroatoms. The lowest BCUT2D eigenvalue weighted by molar-refractivity contribution is -0.385. The first-order valence-corrected chi connectivity index (χ1v) is 5.43. The second-order valence-corrected chi connectivity index (χ2v) is 4.11. The number of benzene rings is 1. The van der Waals surface area contributed by atoms with Gasteiger partial charge >= 0.3 is 0 Å². The first-order chi connectivity index (χ1) is 7.70. The monoisotopic (exact) mass is 236 g/mol. The van der Waals surface area contributed by atoms with Gasteiger partial charge in [0, 0.05) is 29.1 Å². The Morgan fingerprint density at radius 3 is 3.00 bits per heavy atom. The van der Waals surface area contributed by atoms with Crippen LogP contribution in [0.2, 0.25) is 0 Å². The van der Waals surface area contributed by atoms with E-state index in [2.05, 4.69) is 5.32 Å². The third-order valence-electron chi connectivity index (χ3n) is 2.10. The maximum Gasteiger partial charge on any atom is 0.270 e. The average molecular weight is 236 g/mol. The van der Waals surface area contributed by atoms with E-state index in [4.69, 9.17) is 0 Å². The summed E-state index contributed by atoms with van der Waals surface area (Å²) in [5.41, 5.74) is 1.68. The summed E-state index contributed by atoms with van der Waals surface area (Å²) in [7, 11) is 0. The minimum Gasteiger partial charge on any atom is -0.357 e. The normalized spacial score (nSPS) is 13.4. The quantitative estimate of drug-likeness (QED) is 0.496. The van der Waals surface area contributed by atoms with Crippen molar-refractivity contribution in [2.45, 2.75) is 11.3 Å². The van der Waals surface area contributed by atoms with Gasteiger partial charge in [-0.1, -0.05) is 11.8 Å². The van der Waals surface area contributed by atoms with E-state index in [0.29, 0.717) is 6.42 Å². The van der Waals surface area contributed by atoms with Crippen molar-refractivity contribution in [3.05, 3.63) is 39.4 Å². The van der Waals surface area contributed by atoms with Crippen LogP contribution in [0.15, 0.2) is 34.2 Å². The van der Waals surface area contributed by atoms with Gasteiger partial charge in [0.25, 0.3) is 5.69 Å². The number of hydrogen-bond acceptors (Lipinski definition) is 5. The lowest BCUT2D eigenvalue weighted by atomic mass is 10.2. The number of carbonyl (C=O) groups excluding carboxylic acids is 1. The predicted molar refractivity (Wildman–Crippen MR) is 61.3 cm³/mol. The number of rotatable bonds is 3. The van der Waals surface area contributed by atoms with E-state index in [1.54, 1.807) is 11.5 Å². The molecule has 16 heavy (non-hydrogen) atoms. The fraction of sp³-hybridized carbons (Fsp3) is 0.100. The molecule has 5 nitrogen and oxygen atoms in total. The molecule has 1 aromatic carbocycles. The Bertz CT molecular complexity index is 485. The van der Waals surface area contributed by atoms with Crippen molar-refractivity contribution in [3.63, 3.8) is 0 Å². The Morgan fingerprint density at radius 1 is 1.50 bits per heavy atom. The molecule has 1 N–H and O–H groups in total. The molecule has 0 fully saturated rings. The Balaban J connectivity index is 2.27. The van der Waals surface area contributed by atoms with E-state index in [1.165, 1.54) is 23.9 Å². The van der Waals surface area contributed by atoms with Gasteiger partial charge in [-0.3, -0.25) is 10.1 Å². The molecule has 0 aliphatic carbocycles. The molecular weight excluding hydrogens is 228 g/mol. The SMILES string of the molecule is O=CCC1=CSc2cc([N+](=O)[O-])ccc2N1. The van der Waals surface area contributed by atoms with Crippen molar-refractivity contribution in [1.29, 1.82) is 0 Å². The van der Waals surface area contributed by atoms with E-state index in [9.17, 15) is 14.9 Å². The molecular formula is C10H8N2O3S. The summed E-state index contributed by atoms with van der Waals surface area (Å²) in [6.07, 6.45) is 1.14. The number of nitrogens with zero attached hydrogens (tertiary/aromatic N) is 1. The number of fused-ring (bicyclic) bond motifs is 1. The first kappa shape index (κ1) is 10.7. The van der Waals surface area contributed by atoms with Crippen LogP contribution in [-0.2, 0) is 4.79 Å². The molecule has 0 spiro atoms. The van der Waals surface area contributed by atoms with Gasteiger partial charge in [0.15, 0.2) is 0 Å². The van der Waals surface area contributed by atoms with Crippen molar-refractivity contribution in [1.82, 2.24) is 0 Å². The van der Waals surface area contributed by atoms with Gasteiger partial charge < -0.3 is 10.1 Å². The topological polar surface area (TPSA) is 72.2 Å². The zero-order valence-corrected chi connectivity index (χ0v) is 8.99. The largest absolute Gasteiger partial charge is 0.357 e. The zero-order chi connectivity index (χ0) is 11.5. The van der Waals surface area contributed by atoms with Crippen LogP contribution in [0.4, 0.5) is 11.4 Å². The molecule has 0 bridgehead atoms. The van der Waals surface area contributed by atoms with Crippen molar-refractivity contribution in [3.8, 4) is 0 Å². The average Bonchev–Trinajstić information content (AvgIpc) is 2.28. The van der Waals surface area contributed by atoms with Crippen LogP contribution in [0, 0.1) is 10.1 Å². The lowest BCUT2D eigenvalue weighted by Crippen LogP contribution is -2.04. The van der Waals surface area contributed by atoms with Crippen LogP contribution in [0.1, 0.15) is 6.42 Å². The maximum atomic E-state index is 10.6. The number of nitro benzene ring substituents is 1. The smallest absolute Gasteiger partial charge is 0.270 e. The highest BCUT2D eigenvalue weighted by Gasteiger charge is 2.14. The van der Waals surface area contributed by atoms with E-state index in [0.717, 1.165) is 22.6 Å². The Labute approximate surface area is 95.7 Å². The minimum atomic E-state index is -0.425. The summed E-state index contributed by atoms with van der Waals surface area (Å²) in [5, 5.41) is 15.4. The molecule has 0 saturated heterocycles. The van der Waals surface area contributed by atoms with Gasteiger partial charge in [0.05, 0.1) is 10.6 Å². The van der Waals surface area contributed by atoms with Crippen LogP contribution in [0.3, 0.4) is 0 Å². The third-order valence-corrected chi connectivity index (χ3v) is 3.10. The first-order valence-electron chi connectivity index (χ1n) is 4.55. The summed E-state index contributed by atoms with van der Waals surface area (Å²) < 4.78 is 0. The fourth-order valence-corrected chi connectivity index (χ4v) is 2.21. The molecule has 0 aromatic heterocycles. The Morgan fingerprint density at radius 2 is 2.31 bits per heavy atom. The van der Waals surface area contributed by atoms with Crippen LogP contribution < -0.4 is 5.32 Å². The highest BCUT2D eigenvalue weighted by Crippen LogP contribution is 2.36. The molecule has 0 atom stereocenters. The fourth-order valence-electron chi connectivity index (χ4n) is 1.35. The zero-order valence-electron chi connectivity index (χ0n) is 8.17. The van der Waals surface area contributed by atoms with Crippen LogP contribution in [0.25, 0.3) is 0 Å². The van der Waals surface area contributed by atoms with Gasteiger partial charge in [0.1, 0.15) is 6.29 Å². The third kappa shape index (κ3) is 2.06. The van der Waals surface area contributed by atoms with Crippen molar-refractivity contribution in [2.24, 2.45) is 0 Å². The van der Waals surface area contributed by atoms with Gasteiger partial charge in [-0.25, -0.2) is 0 Å². The van der Waals surface area contributed by atoms with Crippen molar-refractivity contribution < 1.29 is 9.72 Å². The number of non-ortho nitro benzene ring substituents is 1. The van der Waals surface area contributed by atoms with Crippen LogP contribution in [0.5, 0.6) is 0 Å². The molecule has 0 amide bonds. The van der Waals surface area contributed by atoms with E-state index in [-0.39, 0.29) is 5.69 Å². The van der Waals surface area contributed by atoms with Crippen LogP contribution in [-0.4, -0.2) is 11.2 Å². The predicted octanol–water partition coefficient (Wildman–Crippen LogP) is 2.54. The van der Waals surface area contributed by atoms with E-state index >= 15 is 0 Å². The number of thioether (sulfide) groups is 1. The number of carbonyl (C=O) groups is 1. The second kappa shape index (κ2) is 4.36. The van der Waals surface area contributed by atoms with E-state index < -0.39 is 4.92 Å². The van der Waals surface area contributed by atoms with Gasteiger partial charge in [0.2, 0.25) is 0 Å². The van der Waals surface area contributed by atoms with Crippen molar-refractivity contribution in [2.75, 3.05) is 5.32 Å². The number of aldehydes is 1. The number of nitro groups is 1. The van der Waals surface area contributed by atoms with Crippen LogP contribution >= 0.6 is 11.8 Å². The highest BCUT2D eigenvalue weighted by atomic mass is 32.2.